The Balaban J connectivity index is -0.00000000762. The fraction of sp³-hybridized carbons (Fsp3) is 1.00. The molecule has 0 aliphatic rings. The van der Waals surface area contributed by atoms with Gasteiger partial charge in [0.2, 0.25) is 0 Å². The molecule has 0 saturated carbocycles. The molecular weight excluding hydrogens is 185 g/mol. The third-order valence-corrected chi connectivity index (χ3v) is 0. The zero-order valence-electron chi connectivity index (χ0n) is 6.29. The molecule has 4 N–H and O–H groups in total. The Bertz CT molecular complexity index is 12.5. The van der Waals surface area contributed by atoms with E-state index in [1.807, 2.05) is 0 Å². The normalized spacial score (nSPS) is 2.67. The summed E-state index contributed by atoms with van der Waals surface area (Å²) in [5, 5.41) is 28.0. The predicted molar refractivity (Wildman–Crippen MR) is 38.3 cm³/mol. The van der Waals surface area contributed by atoms with Crippen LogP contribution in [0.2, 0.25) is 0 Å². The minimum Gasteiger partial charge on any atom is -0.400 e. The van der Waals surface area contributed by atoms with Gasteiger partial charge in [-0.2, -0.15) is 0 Å². The second-order valence-electron chi connectivity index (χ2n) is 0. The second-order valence-corrected chi connectivity index (χ2v) is 0. The van der Waals surface area contributed by atoms with E-state index in [1.165, 1.54) is 0 Å². The van der Waals surface area contributed by atoms with Crippen LogP contribution < -0.4 is 0 Å². The van der Waals surface area contributed by atoms with Crippen molar-refractivity contribution in [2.24, 2.45) is 0 Å². The third-order valence-electron chi connectivity index (χ3n) is 0. The summed E-state index contributed by atoms with van der Waals surface area (Å²) in [6, 6.07) is 0. The average molecular weight is 201 g/mol. The standard InChI is InChI=1S/4CH4O.Ge/c4*1-2;/h4*2H,1H3;. The van der Waals surface area contributed by atoms with Crippen LogP contribution in [0, 0.1) is 0 Å². The topological polar surface area (TPSA) is 80.9 Å². The van der Waals surface area contributed by atoms with Crippen molar-refractivity contribution < 1.29 is 20.4 Å². The molecule has 0 atom stereocenters. The summed E-state index contributed by atoms with van der Waals surface area (Å²) >= 11 is 0. The summed E-state index contributed by atoms with van der Waals surface area (Å²) in [4.78, 5) is 0. The van der Waals surface area contributed by atoms with Crippen LogP contribution in [0.3, 0.4) is 0 Å². The van der Waals surface area contributed by atoms with Crippen LogP contribution in [0.4, 0.5) is 0 Å². The molecule has 4 nitrogen and oxygen atoms in total. The molecule has 60 valence electrons. The van der Waals surface area contributed by atoms with E-state index in [9.17, 15) is 0 Å². The Kier molecular flexibility index (Phi) is 11900. The van der Waals surface area contributed by atoms with Gasteiger partial charge in [0.15, 0.2) is 0 Å². The van der Waals surface area contributed by atoms with E-state index in [2.05, 4.69) is 0 Å². The van der Waals surface area contributed by atoms with E-state index < -0.39 is 0 Å². The van der Waals surface area contributed by atoms with Crippen LogP contribution in [0.25, 0.3) is 0 Å². The Morgan fingerprint density at radius 1 is 0.444 bits per heavy atom. The van der Waals surface area contributed by atoms with E-state index >= 15 is 0 Å². The average Bonchev–Trinajstić information content (AvgIpc) is 2.03. The number of aliphatic hydroxyl groups is 4. The summed E-state index contributed by atoms with van der Waals surface area (Å²) < 4.78 is 0. The monoisotopic (exact) mass is 202 g/mol. The molecule has 0 aromatic heterocycles. The molecule has 0 aromatic rings. The van der Waals surface area contributed by atoms with Crippen molar-refractivity contribution in [1.29, 1.82) is 0 Å². The Labute approximate surface area is 67.1 Å². The summed E-state index contributed by atoms with van der Waals surface area (Å²) in [6.45, 7) is 0. The maximum Gasteiger partial charge on any atom is 0.0319 e. The van der Waals surface area contributed by atoms with Crippen LogP contribution in [0.1, 0.15) is 0 Å². The maximum atomic E-state index is 7.00. The van der Waals surface area contributed by atoms with Gasteiger partial charge in [0.1, 0.15) is 0 Å². The molecule has 0 aliphatic carbocycles. The molecule has 0 unspecified atom stereocenters. The minimum atomic E-state index is 0. The molecule has 0 rings (SSSR count). The molecule has 4 radical (unpaired) electrons. The van der Waals surface area contributed by atoms with Gasteiger partial charge in [0.25, 0.3) is 0 Å². The summed E-state index contributed by atoms with van der Waals surface area (Å²) in [5.74, 6) is 0. The molecule has 0 bridgehead atoms. The Hall–Kier alpha value is 0.383. The molecule has 0 amide bonds. The second kappa shape index (κ2) is 3120. The SMILES string of the molecule is CO.CO.CO.CO.[Ge]. The molecule has 0 spiro atoms. The van der Waals surface area contributed by atoms with E-state index in [4.69, 9.17) is 20.4 Å². The predicted octanol–water partition coefficient (Wildman–Crippen LogP) is -1.95. The van der Waals surface area contributed by atoms with Crippen molar-refractivity contribution >= 4 is 17.6 Å². The van der Waals surface area contributed by atoms with Gasteiger partial charge in [-0.3, -0.25) is 0 Å². The van der Waals surface area contributed by atoms with Crippen molar-refractivity contribution in [2.45, 2.75) is 0 Å². The van der Waals surface area contributed by atoms with Crippen molar-refractivity contribution in [3.8, 4) is 0 Å². The fourth-order valence-corrected chi connectivity index (χ4v) is 0. The minimum absolute atomic E-state index is 0. The largest absolute Gasteiger partial charge is 0.400 e. The van der Waals surface area contributed by atoms with Crippen molar-refractivity contribution in [3.63, 3.8) is 0 Å². The maximum absolute atomic E-state index is 7.00. The first-order valence-electron chi connectivity index (χ1n) is 1.79. The van der Waals surface area contributed by atoms with Gasteiger partial charge in [0.05, 0.1) is 0 Å². The summed E-state index contributed by atoms with van der Waals surface area (Å²) in [5.41, 5.74) is 0. The van der Waals surface area contributed by atoms with Crippen molar-refractivity contribution in [3.05, 3.63) is 0 Å². The van der Waals surface area contributed by atoms with Gasteiger partial charge in [0, 0.05) is 46.0 Å². The molecule has 0 aliphatic heterocycles. The number of hydrogen-bond acceptors (Lipinski definition) is 4. The molecule has 0 fully saturated rings. The van der Waals surface area contributed by atoms with E-state index in [0.717, 1.165) is 28.4 Å². The van der Waals surface area contributed by atoms with Gasteiger partial charge >= 0.3 is 0 Å². The van der Waals surface area contributed by atoms with Crippen molar-refractivity contribution in [1.82, 2.24) is 0 Å². The summed E-state index contributed by atoms with van der Waals surface area (Å²) in [6.07, 6.45) is 0. The first-order valence-corrected chi connectivity index (χ1v) is 1.79. The smallest absolute Gasteiger partial charge is 0.0319 e. The first-order chi connectivity index (χ1) is 4.00. The molecule has 9 heavy (non-hydrogen) atoms. The molecular formula is C4H16GeO4. The van der Waals surface area contributed by atoms with Gasteiger partial charge in [-0.1, -0.05) is 0 Å². The summed E-state index contributed by atoms with van der Waals surface area (Å²) in [7, 11) is 4.00. The van der Waals surface area contributed by atoms with Crippen LogP contribution in [-0.4, -0.2) is 66.5 Å². The molecule has 0 saturated heterocycles. The zero-order chi connectivity index (χ0) is 8.00. The van der Waals surface area contributed by atoms with Crippen LogP contribution in [0.15, 0.2) is 0 Å². The van der Waals surface area contributed by atoms with Crippen LogP contribution in [0.5, 0.6) is 0 Å². The molecule has 0 heterocycles. The van der Waals surface area contributed by atoms with Gasteiger partial charge in [-0.15, -0.1) is 0 Å². The van der Waals surface area contributed by atoms with E-state index in [0.29, 0.717) is 0 Å². The number of rotatable bonds is 0. The molecule has 0 aromatic carbocycles. The number of hydrogen-bond donors (Lipinski definition) is 4. The van der Waals surface area contributed by atoms with Gasteiger partial charge in [-0.05, 0) is 0 Å². The van der Waals surface area contributed by atoms with E-state index in [-0.39, 0.29) is 17.6 Å². The van der Waals surface area contributed by atoms with Crippen LogP contribution >= 0.6 is 0 Å². The van der Waals surface area contributed by atoms with E-state index in [1.54, 1.807) is 0 Å². The van der Waals surface area contributed by atoms with Gasteiger partial charge < -0.3 is 20.4 Å². The third kappa shape index (κ3) is 2330. The Morgan fingerprint density at radius 2 is 0.444 bits per heavy atom. The zero-order valence-corrected chi connectivity index (χ0v) is 8.39. The number of aliphatic hydroxyl groups excluding tert-OH is 4. The Morgan fingerprint density at radius 3 is 0.444 bits per heavy atom. The van der Waals surface area contributed by atoms with Crippen LogP contribution in [-0.2, 0) is 0 Å². The molecule has 5 heteroatoms. The quantitative estimate of drug-likeness (QED) is 0.343. The van der Waals surface area contributed by atoms with Gasteiger partial charge in [-0.25, -0.2) is 0 Å². The fourth-order valence-electron chi connectivity index (χ4n) is 0. The van der Waals surface area contributed by atoms with Crippen molar-refractivity contribution in [2.75, 3.05) is 28.4 Å². The first kappa shape index (κ1) is 34.3.